The smallest absolute Gasteiger partial charge is 0.274 e. The van der Waals surface area contributed by atoms with Crippen molar-refractivity contribution in [2.45, 2.75) is 20.1 Å². The summed E-state index contributed by atoms with van der Waals surface area (Å²) >= 11 is 0. The first-order chi connectivity index (χ1) is 12.6. The van der Waals surface area contributed by atoms with Crippen LogP contribution in [0.25, 0.3) is 5.69 Å². The van der Waals surface area contributed by atoms with E-state index in [0.717, 1.165) is 11.1 Å². The van der Waals surface area contributed by atoms with Crippen molar-refractivity contribution in [2.24, 2.45) is 0 Å². The molecule has 2 N–H and O–H groups in total. The zero-order valence-corrected chi connectivity index (χ0v) is 14.6. The fourth-order valence-electron chi connectivity index (χ4n) is 2.52. The third-order valence-electron chi connectivity index (χ3n) is 3.95. The van der Waals surface area contributed by atoms with Crippen molar-refractivity contribution in [3.63, 3.8) is 0 Å². The van der Waals surface area contributed by atoms with Crippen LogP contribution in [0.2, 0.25) is 0 Å². The number of benzene rings is 2. The topological polar surface area (TPSA) is 89.3 Å². The Morgan fingerprint density at radius 2 is 1.88 bits per heavy atom. The van der Waals surface area contributed by atoms with Gasteiger partial charge in [-0.1, -0.05) is 35.9 Å². The van der Waals surface area contributed by atoms with Gasteiger partial charge in [0, 0.05) is 12.1 Å². The number of nitrogens with one attached hydrogen (secondary N) is 1. The highest BCUT2D eigenvalue weighted by Gasteiger charge is 2.19. The molecule has 0 bridgehead atoms. The first kappa shape index (κ1) is 17.6. The molecule has 1 heterocycles. The molecule has 0 aliphatic rings. The lowest BCUT2D eigenvalue weighted by Crippen LogP contribution is -2.24. The first-order valence-electron chi connectivity index (χ1n) is 8.16. The van der Waals surface area contributed by atoms with Gasteiger partial charge in [-0.25, -0.2) is 0 Å². The van der Waals surface area contributed by atoms with E-state index in [4.69, 9.17) is 4.74 Å². The number of nitrogens with zero attached hydrogens (tertiary/aromatic N) is 3. The number of methoxy groups -OCH3 is 1. The van der Waals surface area contributed by atoms with E-state index in [1.807, 2.05) is 55.5 Å². The van der Waals surface area contributed by atoms with Gasteiger partial charge in [-0.3, -0.25) is 4.79 Å². The van der Waals surface area contributed by atoms with Crippen molar-refractivity contribution in [3.8, 4) is 11.4 Å². The Labute approximate surface area is 151 Å². The summed E-state index contributed by atoms with van der Waals surface area (Å²) in [6.07, 6.45) is 0. The minimum Gasteiger partial charge on any atom is -0.496 e. The summed E-state index contributed by atoms with van der Waals surface area (Å²) in [5.41, 5.74) is 3.00. The summed E-state index contributed by atoms with van der Waals surface area (Å²) in [6.45, 7) is 1.89. The largest absolute Gasteiger partial charge is 0.496 e. The average Bonchev–Trinajstić information content (AvgIpc) is 3.11. The van der Waals surface area contributed by atoms with E-state index < -0.39 is 5.91 Å². The van der Waals surface area contributed by atoms with E-state index in [1.165, 1.54) is 4.80 Å². The van der Waals surface area contributed by atoms with Gasteiger partial charge in [0.1, 0.15) is 11.4 Å². The summed E-state index contributed by atoms with van der Waals surface area (Å²) in [5, 5.41) is 20.8. The van der Waals surface area contributed by atoms with Crippen LogP contribution in [-0.4, -0.2) is 33.1 Å². The molecule has 0 aliphatic carbocycles. The second-order valence-corrected chi connectivity index (χ2v) is 5.77. The summed E-state index contributed by atoms with van der Waals surface area (Å²) < 4.78 is 5.28. The number of aryl methyl sites for hydroxylation is 1. The van der Waals surface area contributed by atoms with Crippen LogP contribution in [0.3, 0.4) is 0 Å². The Kier molecular flexibility index (Phi) is 5.28. The van der Waals surface area contributed by atoms with Gasteiger partial charge in [0.25, 0.3) is 5.91 Å². The Morgan fingerprint density at radius 1 is 1.15 bits per heavy atom. The summed E-state index contributed by atoms with van der Waals surface area (Å²) in [4.78, 5) is 13.9. The van der Waals surface area contributed by atoms with Crippen molar-refractivity contribution < 1.29 is 14.6 Å². The maximum absolute atomic E-state index is 12.5. The molecular formula is C19H20N4O3. The molecule has 2 aromatic carbocycles. The number of ether oxygens (including phenoxy) is 1. The summed E-state index contributed by atoms with van der Waals surface area (Å²) in [7, 11) is 1.58. The molecule has 3 rings (SSSR count). The number of para-hydroxylation sites is 1. The van der Waals surface area contributed by atoms with Gasteiger partial charge in [-0.05, 0) is 25.1 Å². The second kappa shape index (κ2) is 7.79. The molecule has 7 heteroatoms. The Hall–Kier alpha value is -3.19. The van der Waals surface area contributed by atoms with E-state index in [-0.39, 0.29) is 24.5 Å². The lowest BCUT2D eigenvalue weighted by atomic mass is 10.2. The predicted octanol–water partition coefficient (Wildman–Crippen LogP) is 2.01. The Bertz CT molecular complexity index is 903. The summed E-state index contributed by atoms with van der Waals surface area (Å²) in [6, 6.07) is 15.0. The monoisotopic (exact) mass is 352 g/mol. The number of hydrogen-bond donors (Lipinski definition) is 2. The maximum Gasteiger partial charge on any atom is 0.274 e. The van der Waals surface area contributed by atoms with Crippen molar-refractivity contribution in [2.75, 3.05) is 7.11 Å². The minimum atomic E-state index is -0.404. The second-order valence-electron chi connectivity index (χ2n) is 5.77. The van der Waals surface area contributed by atoms with E-state index in [9.17, 15) is 9.90 Å². The van der Waals surface area contributed by atoms with E-state index in [0.29, 0.717) is 11.4 Å². The van der Waals surface area contributed by atoms with Gasteiger partial charge in [0.05, 0.1) is 19.4 Å². The first-order valence-corrected chi connectivity index (χ1v) is 8.16. The number of aromatic nitrogens is 3. The highest BCUT2D eigenvalue weighted by Crippen LogP contribution is 2.17. The molecule has 0 aliphatic heterocycles. The number of aliphatic hydroxyl groups excluding tert-OH is 1. The van der Waals surface area contributed by atoms with Crippen LogP contribution >= 0.6 is 0 Å². The van der Waals surface area contributed by atoms with Gasteiger partial charge >= 0.3 is 0 Å². The van der Waals surface area contributed by atoms with Crippen LogP contribution in [0.1, 0.15) is 27.3 Å². The number of rotatable bonds is 6. The Balaban J connectivity index is 1.79. The van der Waals surface area contributed by atoms with Crippen LogP contribution in [0.4, 0.5) is 0 Å². The predicted molar refractivity (Wildman–Crippen MR) is 96.2 cm³/mol. The molecule has 0 saturated heterocycles. The normalized spacial score (nSPS) is 10.6. The van der Waals surface area contributed by atoms with Gasteiger partial charge in [-0.2, -0.15) is 4.80 Å². The molecule has 0 saturated carbocycles. The van der Waals surface area contributed by atoms with Gasteiger partial charge in [-0.15, -0.1) is 10.2 Å². The van der Waals surface area contributed by atoms with Crippen LogP contribution in [-0.2, 0) is 13.2 Å². The molecule has 134 valence electrons. The molecule has 0 radical (unpaired) electrons. The number of aliphatic hydroxyl groups is 1. The van der Waals surface area contributed by atoms with E-state index in [2.05, 4.69) is 15.5 Å². The molecule has 1 amide bonds. The molecule has 3 aromatic rings. The van der Waals surface area contributed by atoms with Crippen LogP contribution in [0, 0.1) is 6.92 Å². The van der Waals surface area contributed by atoms with E-state index in [1.54, 1.807) is 7.11 Å². The molecule has 26 heavy (non-hydrogen) atoms. The molecule has 7 nitrogen and oxygen atoms in total. The SMILES string of the molecule is COc1ccccc1CNC(=O)c1nn(-c2ccc(C)cc2)nc1CO. The van der Waals surface area contributed by atoms with E-state index >= 15 is 0 Å². The molecule has 0 unspecified atom stereocenters. The number of carbonyl (C=O) groups is 1. The number of carbonyl (C=O) groups excluding carboxylic acids is 1. The van der Waals surface area contributed by atoms with Gasteiger partial charge in [0.15, 0.2) is 5.69 Å². The molecule has 0 spiro atoms. The maximum atomic E-state index is 12.5. The Morgan fingerprint density at radius 3 is 2.58 bits per heavy atom. The zero-order chi connectivity index (χ0) is 18.5. The third-order valence-corrected chi connectivity index (χ3v) is 3.95. The highest BCUT2D eigenvalue weighted by molar-refractivity contribution is 5.93. The number of amides is 1. The highest BCUT2D eigenvalue weighted by atomic mass is 16.5. The molecule has 1 aromatic heterocycles. The lowest BCUT2D eigenvalue weighted by molar-refractivity contribution is 0.0942. The number of hydrogen-bond acceptors (Lipinski definition) is 5. The average molecular weight is 352 g/mol. The molecular weight excluding hydrogens is 332 g/mol. The third kappa shape index (κ3) is 3.73. The van der Waals surface area contributed by atoms with Gasteiger partial charge in [0.2, 0.25) is 0 Å². The van der Waals surface area contributed by atoms with Gasteiger partial charge < -0.3 is 15.2 Å². The van der Waals surface area contributed by atoms with Crippen LogP contribution in [0.5, 0.6) is 5.75 Å². The van der Waals surface area contributed by atoms with Crippen LogP contribution < -0.4 is 10.1 Å². The quantitative estimate of drug-likeness (QED) is 0.708. The van der Waals surface area contributed by atoms with Crippen molar-refractivity contribution in [1.82, 2.24) is 20.3 Å². The fraction of sp³-hybridized carbons (Fsp3) is 0.211. The van der Waals surface area contributed by atoms with Crippen molar-refractivity contribution >= 4 is 5.91 Å². The van der Waals surface area contributed by atoms with Crippen molar-refractivity contribution in [1.29, 1.82) is 0 Å². The van der Waals surface area contributed by atoms with Crippen LogP contribution in [0.15, 0.2) is 48.5 Å². The zero-order valence-electron chi connectivity index (χ0n) is 14.6. The fourth-order valence-corrected chi connectivity index (χ4v) is 2.52. The summed E-state index contributed by atoms with van der Waals surface area (Å²) in [5.74, 6) is 0.289. The van der Waals surface area contributed by atoms with Crippen molar-refractivity contribution in [3.05, 3.63) is 71.0 Å². The minimum absolute atomic E-state index is 0.1000. The molecule has 0 atom stereocenters. The lowest BCUT2D eigenvalue weighted by Gasteiger charge is -2.08. The standard InChI is InChI=1S/C19H20N4O3/c1-13-7-9-15(10-8-13)23-21-16(12-24)18(22-23)19(25)20-11-14-5-3-4-6-17(14)26-2/h3-10,24H,11-12H2,1-2H3,(H,20,25). The molecule has 0 fully saturated rings.